The first-order chi connectivity index (χ1) is 11.7. The minimum Gasteiger partial charge on any atom is -0.346 e. The molecule has 0 amide bonds. The van der Waals surface area contributed by atoms with E-state index in [-0.39, 0.29) is 0 Å². The molecule has 3 aromatic heterocycles. The number of hydrogen-bond donors (Lipinski definition) is 2. The highest BCUT2D eigenvalue weighted by Crippen LogP contribution is 2.53. The van der Waals surface area contributed by atoms with E-state index in [9.17, 15) is 8.78 Å². The van der Waals surface area contributed by atoms with Gasteiger partial charge in [-0.15, -0.1) is 0 Å². The molecule has 8 heteroatoms. The molecule has 4 rings (SSSR count). The van der Waals surface area contributed by atoms with Crippen molar-refractivity contribution in [3.05, 3.63) is 31.0 Å². The van der Waals surface area contributed by atoms with Crippen molar-refractivity contribution >= 4 is 11.0 Å². The summed E-state index contributed by atoms with van der Waals surface area (Å²) in [6.45, 7) is -1.05. The minimum atomic E-state index is -0.908. The van der Waals surface area contributed by atoms with Crippen LogP contribution in [-0.4, -0.2) is 44.6 Å². The zero-order valence-corrected chi connectivity index (χ0v) is 13.0. The molecule has 3 aromatic rings. The first kappa shape index (κ1) is 15.2. The average molecular weight is 332 g/mol. The largest absolute Gasteiger partial charge is 0.346 e. The van der Waals surface area contributed by atoms with Gasteiger partial charge in [0.15, 0.2) is 0 Å². The predicted molar refractivity (Wildman–Crippen MR) is 85.8 cm³/mol. The number of nitrogens with two attached hydrogens (primary N) is 1. The number of aromatic nitrogens is 5. The molecule has 1 aliphatic rings. The van der Waals surface area contributed by atoms with Crippen LogP contribution in [0.15, 0.2) is 31.0 Å². The van der Waals surface area contributed by atoms with Crippen LogP contribution in [0.4, 0.5) is 8.78 Å². The molecule has 0 atom stereocenters. The van der Waals surface area contributed by atoms with Crippen LogP contribution in [-0.2, 0) is 5.54 Å². The highest BCUT2D eigenvalue weighted by atomic mass is 19.1. The number of nitrogens with zero attached hydrogens (tertiary/aromatic N) is 4. The summed E-state index contributed by atoms with van der Waals surface area (Å²) < 4.78 is 28.1. The molecule has 126 valence electrons. The van der Waals surface area contributed by atoms with Gasteiger partial charge in [-0.25, -0.2) is 9.97 Å². The minimum absolute atomic E-state index is 0.291. The lowest BCUT2D eigenvalue weighted by Crippen LogP contribution is -2.59. The molecule has 0 spiro atoms. The maximum absolute atomic E-state index is 13.2. The monoisotopic (exact) mass is 332 g/mol. The van der Waals surface area contributed by atoms with E-state index in [0.717, 1.165) is 22.3 Å². The fourth-order valence-corrected chi connectivity index (χ4v) is 3.78. The summed E-state index contributed by atoms with van der Waals surface area (Å²) in [5, 5.41) is 5.30. The average Bonchev–Trinajstić information content (AvgIpc) is 3.25. The predicted octanol–water partition coefficient (Wildman–Crippen LogP) is 2.19. The van der Waals surface area contributed by atoms with Gasteiger partial charge in [-0.05, 0) is 18.9 Å². The van der Waals surface area contributed by atoms with Crippen molar-refractivity contribution in [1.82, 2.24) is 24.7 Å². The molecule has 1 fully saturated rings. The summed E-state index contributed by atoms with van der Waals surface area (Å²) >= 11 is 0. The van der Waals surface area contributed by atoms with Crippen LogP contribution in [0.3, 0.4) is 0 Å². The topological polar surface area (TPSA) is 85.4 Å². The Hall–Kier alpha value is -2.35. The van der Waals surface area contributed by atoms with Crippen molar-refractivity contribution < 1.29 is 8.78 Å². The van der Waals surface area contributed by atoms with E-state index in [1.807, 2.05) is 12.3 Å². The van der Waals surface area contributed by atoms with Crippen LogP contribution in [0.1, 0.15) is 12.8 Å². The van der Waals surface area contributed by atoms with E-state index in [4.69, 9.17) is 5.73 Å². The Labute approximate surface area is 137 Å². The van der Waals surface area contributed by atoms with Gasteiger partial charge in [0.05, 0.1) is 30.8 Å². The Kier molecular flexibility index (Phi) is 3.38. The molecule has 0 saturated heterocycles. The molecule has 0 bridgehead atoms. The van der Waals surface area contributed by atoms with Crippen molar-refractivity contribution in [3.63, 3.8) is 0 Å². The van der Waals surface area contributed by atoms with Gasteiger partial charge >= 0.3 is 0 Å². The van der Waals surface area contributed by atoms with E-state index >= 15 is 0 Å². The molecule has 0 radical (unpaired) electrons. The van der Waals surface area contributed by atoms with Gasteiger partial charge in [-0.3, -0.25) is 13.5 Å². The molecule has 3 heterocycles. The molecule has 1 saturated carbocycles. The van der Waals surface area contributed by atoms with Crippen LogP contribution in [0.2, 0.25) is 0 Å². The second-order valence-electron chi connectivity index (χ2n) is 6.69. The Morgan fingerprint density at radius 2 is 2.04 bits per heavy atom. The van der Waals surface area contributed by atoms with Gasteiger partial charge in [0.25, 0.3) is 0 Å². The Morgan fingerprint density at radius 1 is 1.25 bits per heavy atom. The maximum atomic E-state index is 13.2. The van der Waals surface area contributed by atoms with Crippen LogP contribution in [0.5, 0.6) is 0 Å². The zero-order chi connectivity index (χ0) is 16.8. The fraction of sp³-hybridized carbons (Fsp3) is 0.438. The summed E-state index contributed by atoms with van der Waals surface area (Å²) in [5.74, 6) is 0. The third-order valence-electron chi connectivity index (χ3n) is 5.05. The van der Waals surface area contributed by atoms with Crippen molar-refractivity contribution in [2.24, 2.45) is 11.1 Å². The third kappa shape index (κ3) is 2.06. The number of alkyl halides is 2. The van der Waals surface area contributed by atoms with Crippen LogP contribution in [0, 0.1) is 5.41 Å². The molecular weight excluding hydrogens is 314 g/mol. The summed E-state index contributed by atoms with van der Waals surface area (Å²) in [4.78, 5) is 11.6. The van der Waals surface area contributed by atoms with E-state index in [0.29, 0.717) is 19.4 Å². The molecule has 6 nitrogen and oxygen atoms in total. The summed E-state index contributed by atoms with van der Waals surface area (Å²) in [6, 6.07) is 1.90. The number of rotatable bonds is 5. The van der Waals surface area contributed by atoms with Crippen molar-refractivity contribution in [3.8, 4) is 11.3 Å². The van der Waals surface area contributed by atoms with Crippen molar-refractivity contribution in [1.29, 1.82) is 0 Å². The Morgan fingerprint density at radius 3 is 2.75 bits per heavy atom. The highest BCUT2D eigenvalue weighted by molar-refractivity contribution is 5.89. The van der Waals surface area contributed by atoms with Gasteiger partial charge in [0.1, 0.15) is 12.0 Å². The van der Waals surface area contributed by atoms with Crippen LogP contribution < -0.4 is 5.73 Å². The number of hydrogen-bond acceptors (Lipinski definition) is 4. The van der Waals surface area contributed by atoms with Gasteiger partial charge in [0.2, 0.25) is 0 Å². The third-order valence-corrected chi connectivity index (χ3v) is 5.05. The van der Waals surface area contributed by atoms with Gasteiger partial charge in [-0.2, -0.15) is 5.10 Å². The normalized spacial score (nSPS) is 18.6. The lowest BCUT2D eigenvalue weighted by molar-refractivity contribution is -0.0624. The number of nitrogens with one attached hydrogen (secondary N) is 1. The first-order valence-corrected chi connectivity index (χ1v) is 7.81. The van der Waals surface area contributed by atoms with Crippen molar-refractivity contribution in [2.75, 3.05) is 19.9 Å². The number of halogens is 2. The molecule has 1 aliphatic carbocycles. The van der Waals surface area contributed by atoms with Crippen LogP contribution in [0.25, 0.3) is 22.3 Å². The quantitative estimate of drug-likeness (QED) is 0.750. The number of aromatic amines is 1. The molecule has 0 aromatic carbocycles. The van der Waals surface area contributed by atoms with Crippen LogP contribution >= 0.6 is 0 Å². The van der Waals surface area contributed by atoms with E-state index in [1.165, 1.54) is 6.33 Å². The van der Waals surface area contributed by atoms with E-state index in [1.54, 1.807) is 17.1 Å². The second-order valence-corrected chi connectivity index (χ2v) is 6.69. The molecule has 3 N–H and O–H groups in total. The SMILES string of the molecule is NCC1(n2cc(-c3ncnc4[nH]ccc34)cn2)CC(CF)(CF)C1. The van der Waals surface area contributed by atoms with E-state index < -0.39 is 24.3 Å². The zero-order valence-electron chi connectivity index (χ0n) is 13.0. The molecule has 24 heavy (non-hydrogen) atoms. The van der Waals surface area contributed by atoms with Gasteiger partial charge < -0.3 is 10.7 Å². The number of H-pyrrole nitrogens is 1. The summed E-state index contributed by atoms with van der Waals surface area (Å²) in [6.07, 6.45) is 7.56. The lowest BCUT2D eigenvalue weighted by atomic mass is 9.58. The highest BCUT2D eigenvalue weighted by Gasteiger charge is 2.56. The summed E-state index contributed by atoms with van der Waals surface area (Å²) in [7, 11) is 0. The lowest BCUT2D eigenvalue weighted by Gasteiger charge is -2.53. The maximum Gasteiger partial charge on any atom is 0.141 e. The Balaban J connectivity index is 1.69. The smallest absolute Gasteiger partial charge is 0.141 e. The molecular formula is C16H18F2N6. The van der Waals surface area contributed by atoms with Gasteiger partial charge in [0, 0.05) is 35.3 Å². The molecule has 0 unspecified atom stereocenters. The number of fused-ring (bicyclic) bond motifs is 1. The fourth-order valence-electron chi connectivity index (χ4n) is 3.78. The first-order valence-electron chi connectivity index (χ1n) is 7.81. The standard InChI is InChI=1S/C16H18F2N6/c17-7-15(8-18)5-16(6-15,9-19)24-4-11(3-23-24)13-12-1-2-20-14(12)22-10-21-13/h1-4,10H,5-9,19H2,(H,20,21,22). The second kappa shape index (κ2) is 5.34. The molecule has 0 aliphatic heterocycles. The van der Waals surface area contributed by atoms with E-state index in [2.05, 4.69) is 20.1 Å². The Bertz CT molecular complexity index is 858. The summed E-state index contributed by atoms with van der Waals surface area (Å²) in [5.41, 5.74) is 6.82. The van der Waals surface area contributed by atoms with Crippen molar-refractivity contribution in [2.45, 2.75) is 18.4 Å². The van der Waals surface area contributed by atoms with Gasteiger partial charge in [-0.1, -0.05) is 0 Å².